The lowest BCUT2D eigenvalue weighted by Crippen LogP contribution is -2.36. The minimum Gasteiger partial charge on any atom is -0.383 e. The van der Waals surface area contributed by atoms with E-state index in [1.807, 2.05) is 18.2 Å². The zero-order chi connectivity index (χ0) is 20.4. The van der Waals surface area contributed by atoms with Gasteiger partial charge < -0.3 is 15.4 Å². The highest BCUT2D eigenvalue weighted by Crippen LogP contribution is 2.11. The van der Waals surface area contributed by atoms with Crippen molar-refractivity contribution in [2.45, 2.75) is 24.9 Å². The largest absolute Gasteiger partial charge is 0.383 e. The summed E-state index contributed by atoms with van der Waals surface area (Å²) in [5, 5.41) is 6.48. The van der Waals surface area contributed by atoms with E-state index in [2.05, 4.69) is 39.4 Å². The molecule has 0 amide bonds. The molecule has 29 heavy (non-hydrogen) atoms. The number of guanidine groups is 1. The first-order valence-corrected chi connectivity index (χ1v) is 10.5. The number of hydrogen-bond acceptors (Lipinski definition) is 4. The van der Waals surface area contributed by atoms with E-state index in [1.165, 1.54) is 18.2 Å². The molecule has 0 saturated heterocycles. The van der Waals surface area contributed by atoms with Gasteiger partial charge in [0.05, 0.1) is 11.5 Å². The summed E-state index contributed by atoms with van der Waals surface area (Å²) in [6.07, 6.45) is 0. The molecule has 0 saturated carbocycles. The normalized spacial score (nSPS) is 11.6. The Bertz CT molecular complexity index is 904. The maximum atomic E-state index is 12.3. The number of sulfonamides is 1. The second-order valence-corrected chi connectivity index (χ2v) is 8.01. The Morgan fingerprint density at radius 1 is 1.07 bits per heavy atom. The van der Waals surface area contributed by atoms with Crippen LogP contribution < -0.4 is 15.4 Å². The Balaban J connectivity index is 0.00000420. The smallest absolute Gasteiger partial charge is 0.240 e. The Morgan fingerprint density at radius 2 is 1.79 bits per heavy atom. The summed E-state index contributed by atoms with van der Waals surface area (Å²) in [6.45, 7) is 3.74. The third-order valence-corrected chi connectivity index (χ3v) is 5.66. The topological polar surface area (TPSA) is 91.8 Å². The molecule has 0 aliphatic carbocycles. The number of aliphatic imine (C=N–C) groups is 1. The van der Waals surface area contributed by atoms with E-state index in [0.717, 1.165) is 5.56 Å². The number of rotatable bonds is 9. The molecule has 0 heterocycles. The zero-order valence-corrected chi connectivity index (χ0v) is 20.1. The van der Waals surface area contributed by atoms with Crippen molar-refractivity contribution in [3.8, 4) is 0 Å². The van der Waals surface area contributed by atoms with Gasteiger partial charge in [0.2, 0.25) is 10.0 Å². The zero-order valence-electron chi connectivity index (χ0n) is 16.9. The average molecular weight is 532 g/mol. The van der Waals surface area contributed by atoms with Crippen molar-refractivity contribution in [1.82, 2.24) is 15.4 Å². The SMILES string of the molecule is CN=C(NCc1cccc(S(=O)(=O)NCCOC)c1)NCc1ccccc1C.I. The molecule has 0 aliphatic rings. The summed E-state index contributed by atoms with van der Waals surface area (Å²) in [6, 6.07) is 15.0. The van der Waals surface area contributed by atoms with Crippen molar-refractivity contribution >= 4 is 40.0 Å². The summed E-state index contributed by atoms with van der Waals surface area (Å²) in [7, 11) is -0.323. The van der Waals surface area contributed by atoms with Gasteiger partial charge in [0.15, 0.2) is 5.96 Å². The van der Waals surface area contributed by atoms with Crippen LogP contribution in [-0.4, -0.2) is 41.7 Å². The minimum absolute atomic E-state index is 0. The molecule has 0 unspecified atom stereocenters. The van der Waals surface area contributed by atoms with Gasteiger partial charge in [-0.15, -0.1) is 24.0 Å². The number of nitrogens with one attached hydrogen (secondary N) is 3. The Kier molecular flexibility index (Phi) is 11.2. The van der Waals surface area contributed by atoms with E-state index in [4.69, 9.17) is 4.74 Å². The second kappa shape index (κ2) is 12.8. The monoisotopic (exact) mass is 532 g/mol. The summed E-state index contributed by atoms with van der Waals surface area (Å²) in [5.41, 5.74) is 3.25. The Morgan fingerprint density at radius 3 is 2.48 bits per heavy atom. The molecule has 0 bridgehead atoms. The van der Waals surface area contributed by atoms with Crippen LogP contribution in [-0.2, 0) is 27.8 Å². The van der Waals surface area contributed by atoms with Crippen LogP contribution in [0.25, 0.3) is 0 Å². The number of nitrogens with zero attached hydrogens (tertiary/aromatic N) is 1. The third-order valence-electron chi connectivity index (χ3n) is 4.20. The fourth-order valence-electron chi connectivity index (χ4n) is 2.58. The number of aryl methyl sites for hydroxylation is 1. The standard InChI is InChI=1S/C20H28N4O3S.HI/c1-16-7-4-5-9-18(16)15-23-20(21-2)22-14-17-8-6-10-19(13-17)28(25,26)24-11-12-27-3;/h4-10,13,24H,11-12,14-15H2,1-3H3,(H2,21,22,23);1H. The summed E-state index contributed by atoms with van der Waals surface area (Å²) in [4.78, 5) is 4.45. The van der Waals surface area contributed by atoms with E-state index in [9.17, 15) is 8.42 Å². The van der Waals surface area contributed by atoms with Gasteiger partial charge >= 0.3 is 0 Å². The fourth-order valence-corrected chi connectivity index (χ4v) is 3.66. The van der Waals surface area contributed by atoms with Crippen molar-refractivity contribution in [3.63, 3.8) is 0 Å². The molecular weight excluding hydrogens is 503 g/mol. The molecular formula is C20H29IN4O3S. The van der Waals surface area contributed by atoms with Crippen molar-refractivity contribution in [1.29, 1.82) is 0 Å². The first-order chi connectivity index (χ1) is 13.5. The highest BCUT2D eigenvalue weighted by molar-refractivity contribution is 14.0. The van der Waals surface area contributed by atoms with Crippen molar-refractivity contribution < 1.29 is 13.2 Å². The van der Waals surface area contributed by atoms with Crippen molar-refractivity contribution in [2.24, 2.45) is 4.99 Å². The van der Waals surface area contributed by atoms with Gasteiger partial charge in [-0.25, -0.2) is 13.1 Å². The van der Waals surface area contributed by atoms with Crippen LogP contribution in [0.4, 0.5) is 0 Å². The molecule has 0 radical (unpaired) electrons. The van der Waals surface area contributed by atoms with Gasteiger partial charge in [-0.2, -0.15) is 0 Å². The predicted octanol–water partition coefficient (Wildman–Crippen LogP) is 2.40. The summed E-state index contributed by atoms with van der Waals surface area (Å²) >= 11 is 0. The molecule has 160 valence electrons. The number of hydrogen-bond donors (Lipinski definition) is 3. The second-order valence-electron chi connectivity index (χ2n) is 6.24. The van der Waals surface area contributed by atoms with Gasteiger partial charge in [-0.1, -0.05) is 36.4 Å². The van der Waals surface area contributed by atoms with E-state index in [0.29, 0.717) is 25.7 Å². The van der Waals surface area contributed by atoms with E-state index >= 15 is 0 Å². The highest BCUT2D eigenvalue weighted by Gasteiger charge is 2.13. The third kappa shape index (κ3) is 8.29. The molecule has 0 spiro atoms. The number of ether oxygens (including phenoxy) is 1. The van der Waals surface area contributed by atoms with Crippen LogP contribution in [0.5, 0.6) is 0 Å². The Hall–Kier alpha value is -1.69. The lowest BCUT2D eigenvalue weighted by molar-refractivity contribution is 0.204. The first kappa shape index (κ1) is 25.3. The lowest BCUT2D eigenvalue weighted by atomic mass is 10.1. The number of halogens is 1. The van der Waals surface area contributed by atoms with Crippen LogP contribution in [0.3, 0.4) is 0 Å². The van der Waals surface area contributed by atoms with Crippen molar-refractivity contribution in [2.75, 3.05) is 27.3 Å². The molecule has 2 rings (SSSR count). The average Bonchev–Trinajstić information content (AvgIpc) is 2.69. The molecule has 7 nitrogen and oxygen atoms in total. The van der Waals surface area contributed by atoms with E-state index in [1.54, 1.807) is 25.2 Å². The van der Waals surface area contributed by atoms with E-state index in [-0.39, 0.29) is 35.4 Å². The summed E-state index contributed by atoms with van der Waals surface area (Å²) in [5.74, 6) is 0.648. The molecule has 2 aromatic carbocycles. The van der Waals surface area contributed by atoms with E-state index < -0.39 is 10.0 Å². The van der Waals surface area contributed by atoms with Crippen LogP contribution in [0.15, 0.2) is 58.4 Å². The number of benzene rings is 2. The van der Waals surface area contributed by atoms with Gasteiger partial charge in [-0.05, 0) is 35.7 Å². The minimum atomic E-state index is -3.55. The van der Waals surface area contributed by atoms with Crippen LogP contribution in [0, 0.1) is 6.92 Å². The molecule has 0 aliphatic heterocycles. The Labute approximate surface area is 190 Å². The molecule has 3 N–H and O–H groups in total. The highest BCUT2D eigenvalue weighted by atomic mass is 127. The van der Waals surface area contributed by atoms with Gasteiger partial charge in [0.25, 0.3) is 0 Å². The number of methoxy groups -OCH3 is 1. The maximum absolute atomic E-state index is 12.3. The molecule has 9 heteroatoms. The van der Waals surface area contributed by atoms with Gasteiger partial charge in [0.1, 0.15) is 0 Å². The van der Waals surface area contributed by atoms with Crippen molar-refractivity contribution in [3.05, 3.63) is 65.2 Å². The molecule has 2 aromatic rings. The lowest BCUT2D eigenvalue weighted by Gasteiger charge is -2.14. The molecule has 0 aromatic heterocycles. The first-order valence-electron chi connectivity index (χ1n) is 9.03. The quantitative estimate of drug-likeness (QED) is 0.200. The van der Waals surface area contributed by atoms with Gasteiger partial charge in [-0.3, -0.25) is 4.99 Å². The summed E-state index contributed by atoms with van der Waals surface area (Å²) < 4.78 is 32.0. The van der Waals surface area contributed by atoms with Gasteiger partial charge in [0, 0.05) is 33.8 Å². The van der Waals surface area contributed by atoms with Crippen LogP contribution >= 0.6 is 24.0 Å². The van der Waals surface area contributed by atoms with Crippen LogP contribution in [0.1, 0.15) is 16.7 Å². The molecule has 0 fully saturated rings. The predicted molar refractivity (Wildman–Crippen MR) is 127 cm³/mol. The maximum Gasteiger partial charge on any atom is 0.240 e. The van der Waals surface area contributed by atoms with Crippen LogP contribution in [0.2, 0.25) is 0 Å². The molecule has 0 atom stereocenters. The fraction of sp³-hybridized carbons (Fsp3) is 0.350.